The molecule has 1 atom stereocenters. The maximum Gasteiger partial charge on any atom is 0.195 e. The fourth-order valence-corrected chi connectivity index (χ4v) is 2.17. The molecule has 1 saturated heterocycles. The van der Waals surface area contributed by atoms with E-state index in [1.807, 2.05) is 6.92 Å². The molecule has 5 heteroatoms. The zero-order valence-electron chi connectivity index (χ0n) is 10.2. The van der Waals surface area contributed by atoms with Crippen LogP contribution in [0.1, 0.15) is 17.3 Å². The van der Waals surface area contributed by atoms with E-state index in [1.54, 1.807) is 0 Å². The highest BCUT2D eigenvalue weighted by molar-refractivity contribution is 6.30. The van der Waals surface area contributed by atoms with Gasteiger partial charge in [-0.05, 0) is 24.7 Å². The van der Waals surface area contributed by atoms with Gasteiger partial charge in [0.15, 0.2) is 5.78 Å². The van der Waals surface area contributed by atoms with Crippen molar-refractivity contribution >= 4 is 17.4 Å². The van der Waals surface area contributed by atoms with E-state index < -0.39 is 11.9 Å². The molecule has 2 rings (SSSR count). The Morgan fingerprint density at radius 1 is 1.61 bits per heavy atom. The van der Waals surface area contributed by atoms with Crippen LogP contribution in [0.15, 0.2) is 18.2 Å². The quantitative estimate of drug-likeness (QED) is 0.791. The molecule has 98 valence electrons. The zero-order valence-corrected chi connectivity index (χ0v) is 10.9. The third kappa shape index (κ3) is 2.88. The SMILES string of the molecule is CCN1CCOC(C(=O)c2ccc(Cl)cc2F)C1. The van der Waals surface area contributed by atoms with Crippen LogP contribution in [-0.4, -0.2) is 43.0 Å². The molecule has 1 aliphatic rings. The predicted molar refractivity (Wildman–Crippen MR) is 67.6 cm³/mol. The van der Waals surface area contributed by atoms with Crippen LogP contribution in [0.4, 0.5) is 4.39 Å². The summed E-state index contributed by atoms with van der Waals surface area (Å²) in [5, 5.41) is 0.281. The summed E-state index contributed by atoms with van der Waals surface area (Å²) in [6, 6.07) is 4.07. The summed E-state index contributed by atoms with van der Waals surface area (Å²) in [6.45, 7) is 4.70. The number of halogens is 2. The Hall–Kier alpha value is -0.970. The number of benzene rings is 1. The number of carbonyl (C=O) groups is 1. The van der Waals surface area contributed by atoms with Gasteiger partial charge in [-0.25, -0.2) is 4.39 Å². The van der Waals surface area contributed by atoms with E-state index in [9.17, 15) is 9.18 Å². The smallest absolute Gasteiger partial charge is 0.195 e. The Labute approximate surface area is 110 Å². The van der Waals surface area contributed by atoms with Crippen LogP contribution >= 0.6 is 11.6 Å². The predicted octanol–water partition coefficient (Wildman–Crippen LogP) is 2.38. The van der Waals surface area contributed by atoms with Crippen molar-refractivity contribution in [1.82, 2.24) is 4.90 Å². The molecule has 1 aromatic carbocycles. The minimum atomic E-state index is -0.593. The molecule has 0 bridgehead atoms. The highest BCUT2D eigenvalue weighted by atomic mass is 35.5. The Morgan fingerprint density at radius 2 is 2.39 bits per heavy atom. The Morgan fingerprint density at radius 3 is 3.06 bits per heavy atom. The summed E-state index contributed by atoms with van der Waals surface area (Å²) < 4.78 is 19.1. The second-order valence-corrected chi connectivity index (χ2v) is 4.68. The normalized spacial score (nSPS) is 20.9. The van der Waals surface area contributed by atoms with E-state index >= 15 is 0 Å². The van der Waals surface area contributed by atoms with E-state index in [4.69, 9.17) is 16.3 Å². The largest absolute Gasteiger partial charge is 0.367 e. The van der Waals surface area contributed by atoms with Gasteiger partial charge in [0.1, 0.15) is 11.9 Å². The highest BCUT2D eigenvalue weighted by Crippen LogP contribution is 2.18. The van der Waals surface area contributed by atoms with E-state index in [1.165, 1.54) is 12.1 Å². The lowest BCUT2D eigenvalue weighted by Gasteiger charge is -2.31. The minimum absolute atomic E-state index is 0.0438. The van der Waals surface area contributed by atoms with Gasteiger partial charge in [0.05, 0.1) is 12.2 Å². The molecule has 0 spiro atoms. The number of ketones is 1. The molecule has 1 aromatic rings. The molecule has 1 fully saturated rings. The van der Waals surface area contributed by atoms with E-state index in [0.29, 0.717) is 13.2 Å². The Kier molecular flexibility index (Phi) is 4.32. The highest BCUT2D eigenvalue weighted by Gasteiger charge is 2.28. The molecule has 18 heavy (non-hydrogen) atoms. The fourth-order valence-electron chi connectivity index (χ4n) is 2.01. The number of Topliss-reactive ketones (excluding diaryl/α,β-unsaturated/α-hetero) is 1. The average Bonchev–Trinajstić information content (AvgIpc) is 2.38. The molecule has 0 amide bonds. The van der Waals surface area contributed by atoms with Gasteiger partial charge in [-0.3, -0.25) is 9.69 Å². The third-order valence-corrected chi connectivity index (χ3v) is 3.32. The first-order valence-corrected chi connectivity index (χ1v) is 6.33. The van der Waals surface area contributed by atoms with Crippen LogP contribution in [0.5, 0.6) is 0 Å². The van der Waals surface area contributed by atoms with Crippen molar-refractivity contribution < 1.29 is 13.9 Å². The maximum atomic E-state index is 13.7. The number of carbonyl (C=O) groups excluding carboxylic acids is 1. The zero-order chi connectivity index (χ0) is 13.1. The number of nitrogens with zero attached hydrogens (tertiary/aromatic N) is 1. The third-order valence-electron chi connectivity index (χ3n) is 3.09. The maximum absolute atomic E-state index is 13.7. The number of ether oxygens (including phenoxy) is 1. The van der Waals surface area contributed by atoms with Crippen LogP contribution in [0.3, 0.4) is 0 Å². The first-order chi connectivity index (χ1) is 8.61. The second-order valence-electron chi connectivity index (χ2n) is 4.24. The molecule has 0 radical (unpaired) electrons. The monoisotopic (exact) mass is 271 g/mol. The van der Waals surface area contributed by atoms with Crippen LogP contribution in [0.25, 0.3) is 0 Å². The molecule has 3 nitrogen and oxygen atoms in total. The lowest BCUT2D eigenvalue weighted by Crippen LogP contribution is -2.46. The van der Waals surface area contributed by atoms with E-state index in [-0.39, 0.29) is 16.4 Å². The van der Waals surface area contributed by atoms with Gasteiger partial charge in [-0.15, -0.1) is 0 Å². The number of rotatable bonds is 3. The van der Waals surface area contributed by atoms with Gasteiger partial charge in [-0.1, -0.05) is 18.5 Å². The van der Waals surface area contributed by atoms with Crippen molar-refractivity contribution in [2.75, 3.05) is 26.2 Å². The van der Waals surface area contributed by atoms with Crippen LogP contribution in [-0.2, 0) is 4.74 Å². The standard InChI is InChI=1S/C13H15ClFNO2/c1-2-16-5-6-18-12(8-16)13(17)10-4-3-9(14)7-11(10)15/h3-4,7,12H,2,5-6,8H2,1H3. The van der Waals surface area contributed by atoms with Crippen molar-refractivity contribution in [2.45, 2.75) is 13.0 Å². The van der Waals surface area contributed by atoms with Crippen LogP contribution in [0, 0.1) is 5.82 Å². The number of hydrogen-bond acceptors (Lipinski definition) is 3. The molecular formula is C13H15ClFNO2. The lowest BCUT2D eigenvalue weighted by atomic mass is 10.0. The van der Waals surface area contributed by atoms with E-state index in [0.717, 1.165) is 19.2 Å². The molecule has 0 aromatic heterocycles. The summed E-state index contributed by atoms with van der Waals surface area (Å²) in [6.07, 6.45) is -0.589. The number of hydrogen-bond donors (Lipinski definition) is 0. The summed E-state index contributed by atoms with van der Waals surface area (Å²) in [5.41, 5.74) is 0.0438. The van der Waals surface area contributed by atoms with Crippen molar-refractivity contribution in [2.24, 2.45) is 0 Å². The van der Waals surface area contributed by atoms with Crippen LogP contribution in [0.2, 0.25) is 5.02 Å². The van der Waals surface area contributed by atoms with Gasteiger partial charge in [0.25, 0.3) is 0 Å². The molecular weight excluding hydrogens is 257 g/mol. The Bertz CT molecular complexity index is 453. The summed E-state index contributed by atoms with van der Waals surface area (Å²) >= 11 is 5.66. The number of likely N-dealkylation sites (N-methyl/N-ethyl adjacent to an activating group) is 1. The average molecular weight is 272 g/mol. The minimum Gasteiger partial charge on any atom is -0.367 e. The molecule has 0 N–H and O–H groups in total. The number of morpholine rings is 1. The topological polar surface area (TPSA) is 29.5 Å². The molecule has 1 heterocycles. The van der Waals surface area contributed by atoms with Crippen molar-refractivity contribution in [3.8, 4) is 0 Å². The second kappa shape index (κ2) is 5.78. The summed E-state index contributed by atoms with van der Waals surface area (Å²) in [7, 11) is 0. The first-order valence-electron chi connectivity index (χ1n) is 5.95. The molecule has 0 saturated carbocycles. The summed E-state index contributed by atoms with van der Waals surface area (Å²) in [4.78, 5) is 14.3. The Balaban J connectivity index is 2.15. The molecule has 0 aliphatic carbocycles. The van der Waals surface area contributed by atoms with Gasteiger partial charge >= 0.3 is 0 Å². The van der Waals surface area contributed by atoms with E-state index in [2.05, 4.69) is 4.90 Å². The van der Waals surface area contributed by atoms with Crippen LogP contribution < -0.4 is 0 Å². The van der Waals surface area contributed by atoms with Crippen molar-refractivity contribution in [1.29, 1.82) is 0 Å². The van der Waals surface area contributed by atoms with Gasteiger partial charge in [-0.2, -0.15) is 0 Å². The summed E-state index contributed by atoms with van der Waals surface area (Å²) in [5.74, 6) is -0.910. The van der Waals surface area contributed by atoms with Gasteiger partial charge in [0.2, 0.25) is 0 Å². The first kappa shape index (κ1) is 13.5. The van der Waals surface area contributed by atoms with Crippen molar-refractivity contribution in [3.05, 3.63) is 34.6 Å². The van der Waals surface area contributed by atoms with Gasteiger partial charge < -0.3 is 4.74 Å². The van der Waals surface area contributed by atoms with Gasteiger partial charge in [0, 0.05) is 18.1 Å². The fraction of sp³-hybridized carbons (Fsp3) is 0.462. The van der Waals surface area contributed by atoms with Crippen molar-refractivity contribution in [3.63, 3.8) is 0 Å². The molecule has 1 unspecified atom stereocenters. The molecule has 1 aliphatic heterocycles. The lowest BCUT2D eigenvalue weighted by molar-refractivity contribution is -0.0150.